The Labute approximate surface area is 126 Å². The fraction of sp³-hybridized carbons (Fsp3) is 0.583. The van der Waals surface area contributed by atoms with Crippen LogP contribution in [0, 0.1) is 6.92 Å². The van der Waals surface area contributed by atoms with Gasteiger partial charge in [0.25, 0.3) is 5.78 Å². The minimum absolute atomic E-state index is 0.474. The Balaban J connectivity index is 1.70. The zero-order valence-electron chi connectivity index (χ0n) is 11.3. The van der Waals surface area contributed by atoms with Crippen molar-refractivity contribution in [2.75, 3.05) is 43.0 Å². The van der Waals surface area contributed by atoms with E-state index in [0.29, 0.717) is 10.9 Å². The molecule has 2 aromatic heterocycles. The molecule has 3 rings (SSSR count). The first-order chi connectivity index (χ1) is 9.75. The molecule has 1 aliphatic rings. The number of aromatic nitrogens is 4. The lowest BCUT2D eigenvalue weighted by Gasteiger charge is -2.26. The van der Waals surface area contributed by atoms with Crippen LogP contribution in [0.25, 0.3) is 5.78 Å². The summed E-state index contributed by atoms with van der Waals surface area (Å²) in [5, 5.41) is 8.08. The average molecular weight is 313 g/mol. The van der Waals surface area contributed by atoms with Crippen molar-refractivity contribution >= 4 is 35.0 Å². The van der Waals surface area contributed by atoms with Gasteiger partial charge in [-0.25, -0.2) is 0 Å². The zero-order chi connectivity index (χ0) is 13.9. The van der Waals surface area contributed by atoms with Crippen LogP contribution in [0.5, 0.6) is 0 Å². The van der Waals surface area contributed by atoms with Crippen molar-refractivity contribution < 1.29 is 0 Å². The summed E-state index contributed by atoms with van der Waals surface area (Å²) in [5.74, 6) is 3.86. The normalized spacial score (nSPS) is 16.7. The maximum Gasteiger partial charge on any atom is 0.255 e. The second-order valence-electron chi connectivity index (χ2n) is 4.73. The highest BCUT2D eigenvalue weighted by atomic mass is 35.5. The molecule has 1 N–H and O–H groups in total. The van der Waals surface area contributed by atoms with E-state index < -0.39 is 0 Å². The molecule has 6 nitrogen and oxygen atoms in total. The number of hydrogen-bond donors (Lipinski definition) is 1. The van der Waals surface area contributed by atoms with E-state index in [1.165, 1.54) is 30.9 Å². The fourth-order valence-electron chi connectivity index (χ4n) is 2.26. The van der Waals surface area contributed by atoms with Gasteiger partial charge in [-0.2, -0.15) is 31.3 Å². The number of rotatable bonds is 4. The lowest BCUT2D eigenvalue weighted by atomic mass is 10.3. The predicted octanol–water partition coefficient (Wildman–Crippen LogP) is 1.55. The maximum absolute atomic E-state index is 6.13. The molecule has 0 aliphatic carbocycles. The minimum atomic E-state index is 0.474. The summed E-state index contributed by atoms with van der Waals surface area (Å²) in [6.45, 7) is 6.16. The first-order valence-electron chi connectivity index (χ1n) is 6.65. The van der Waals surface area contributed by atoms with Crippen LogP contribution in [0.15, 0.2) is 6.33 Å². The molecule has 0 bridgehead atoms. The van der Waals surface area contributed by atoms with Crippen molar-refractivity contribution in [2.45, 2.75) is 6.92 Å². The van der Waals surface area contributed by atoms with Crippen LogP contribution in [0.4, 0.5) is 5.82 Å². The first kappa shape index (κ1) is 13.9. The SMILES string of the molecule is Cc1c(Cl)nc2ncnn2c1NCCN1CCSCC1. The van der Waals surface area contributed by atoms with Crippen LogP contribution in [0.1, 0.15) is 5.56 Å². The van der Waals surface area contributed by atoms with Gasteiger partial charge in [0.15, 0.2) is 0 Å². The summed E-state index contributed by atoms with van der Waals surface area (Å²) < 4.78 is 1.70. The molecular weight excluding hydrogens is 296 g/mol. The van der Waals surface area contributed by atoms with E-state index in [4.69, 9.17) is 11.6 Å². The zero-order valence-corrected chi connectivity index (χ0v) is 12.9. The summed E-state index contributed by atoms with van der Waals surface area (Å²) in [4.78, 5) is 10.8. The summed E-state index contributed by atoms with van der Waals surface area (Å²) in [7, 11) is 0. The number of nitrogens with zero attached hydrogens (tertiary/aromatic N) is 5. The third-order valence-electron chi connectivity index (χ3n) is 3.43. The van der Waals surface area contributed by atoms with Gasteiger partial charge in [-0.3, -0.25) is 4.90 Å². The van der Waals surface area contributed by atoms with E-state index in [0.717, 1.165) is 24.5 Å². The van der Waals surface area contributed by atoms with E-state index in [1.807, 2.05) is 18.7 Å². The van der Waals surface area contributed by atoms with Crippen LogP contribution >= 0.6 is 23.4 Å². The van der Waals surface area contributed by atoms with Crippen LogP contribution in [-0.4, -0.2) is 62.2 Å². The molecule has 0 saturated carbocycles. The van der Waals surface area contributed by atoms with Crippen LogP contribution in [0.3, 0.4) is 0 Å². The van der Waals surface area contributed by atoms with Crippen molar-refractivity contribution in [1.29, 1.82) is 0 Å². The van der Waals surface area contributed by atoms with E-state index >= 15 is 0 Å². The highest BCUT2D eigenvalue weighted by Gasteiger charge is 2.13. The predicted molar refractivity (Wildman–Crippen MR) is 82.8 cm³/mol. The van der Waals surface area contributed by atoms with Crippen molar-refractivity contribution in [2.24, 2.45) is 0 Å². The van der Waals surface area contributed by atoms with Gasteiger partial charge in [0.2, 0.25) is 0 Å². The van der Waals surface area contributed by atoms with Gasteiger partial charge in [0.05, 0.1) is 0 Å². The van der Waals surface area contributed by atoms with Crippen molar-refractivity contribution in [3.05, 3.63) is 17.0 Å². The lowest BCUT2D eigenvalue weighted by molar-refractivity contribution is 0.314. The van der Waals surface area contributed by atoms with Crippen molar-refractivity contribution in [1.82, 2.24) is 24.5 Å². The summed E-state index contributed by atoms with van der Waals surface area (Å²) in [5.41, 5.74) is 0.902. The second-order valence-corrected chi connectivity index (χ2v) is 6.31. The molecule has 0 aromatic carbocycles. The molecule has 0 radical (unpaired) electrons. The Hall–Kier alpha value is -1.05. The molecule has 0 amide bonds. The number of anilines is 1. The fourth-order valence-corrected chi connectivity index (χ4v) is 3.41. The first-order valence-corrected chi connectivity index (χ1v) is 8.19. The Morgan fingerprint density at radius 3 is 3.00 bits per heavy atom. The molecular formula is C12H17ClN6S. The standard InChI is InChI=1S/C12H17ClN6S/c1-9-10(13)17-12-15-8-16-19(12)11(9)14-2-3-18-4-6-20-7-5-18/h8,14H,2-7H2,1H3. The van der Waals surface area contributed by atoms with E-state index in [2.05, 4.69) is 25.3 Å². The molecule has 3 heterocycles. The van der Waals surface area contributed by atoms with E-state index in [9.17, 15) is 0 Å². The molecule has 0 unspecified atom stereocenters. The van der Waals surface area contributed by atoms with Crippen molar-refractivity contribution in [3.8, 4) is 0 Å². The summed E-state index contributed by atoms with van der Waals surface area (Å²) >= 11 is 8.16. The number of halogens is 1. The van der Waals surface area contributed by atoms with Crippen LogP contribution in [0.2, 0.25) is 5.15 Å². The minimum Gasteiger partial charge on any atom is -0.368 e. The summed E-state index contributed by atoms with van der Waals surface area (Å²) in [6, 6.07) is 0. The Kier molecular flexibility index (Phi) is 4.28. The molecule has 1 saturated heterocycles. The third kappa shape index (κ3) is 2.84. The number of hydrogen-bond acceptors (Lipinski definition) is 6. The molecule has 1 fully saturated rings. The Bertz CT molecular complexity index is 595. The highest BCUT2D eigenvalue weighted by molar-refractivity contribution is 7.99. The second kappa shape index (κ2) is 6.15. The highest BCUT2D eigenvalue weighted by Crippen LogP contribution is 2.21. The van der Waals surface area contributed by atoms with Gasteiger partial charge >= 0.3 is 0 Å². The Morgan fingerprint density at radius 1 is 1.40 bits per heavy atom. The monoisotopic (exact) mass is 312 g/mol. The number of nitrogens with one attached hydrogen (secondary N) is 1. The smallest absolute Gasteiger partial charge is 0.255 e. The van der Waals surface area contributed by atoms with Gasteiger partial charge in [0, 0.05) is 43.2 Å². The number of thioether (sulfide) groups is 1. The maximum atomic E-state index is 6.13. The third-order valence-corrected chi connectivity index (χ3v) is 4.74. The van der Waals surface area contributed by atoms with Crippen LogP contribution in [-0.2, 0) is 0 Å². The van der Waals surface area contributed by atoms with Gasteiger partial charge in [-0.05, 0) is 6.92 Å². The van der Waals surface area contributed by atoms with Gasteiger partial charge in [-0.1, -0.05) is 11.6 Å². The molecule has 0 atom stereocenters. The van der Waals surface area contributed by atoms with Gasteiger partial charge < -0.3 is 5.32 Å². The number of fused-ring (bicyclic) bond motifs is 1. The van der Waals surface area contributed by atoms with Crippen molar-refractivity contribution in [3.63, 3.8) is 0 Å². The molecule has 2 aromatic rings. The van der Waals surface area contributed by atoms with Crippen LogP contribution < -0.4 is 5.32 Å². The van der Waals surface area contributed by atoms with E-state index in [1.54, 1.807) is 4.52 Å². The lowest BCUT2D eigenvalue weighted by Crippen LogP contribution is -2.36. The van der Waals surface area contributed by atoms with Gasteiger partial charge in [-0.15, -0.1) is 0 Å². The quantitative estimate of drug-likeness (QED) is 0.864. The van der Waals surface area contributed by atoms with E-state index in [-0.39, 0.29) is 0 Å². The Morgan fingerprint density at radius 2 is 2.20 bits per heavy atom. The summed E-state index contributed by atoms with van der Waals surface area (Å²) in [6.07, 6.45) is 1.49. The topological polar surface area (TPSA) is 58.4 Å². The average Bonchev–Trinajstić information content (AvgIpc) is 2.92. The molecule has 108 valence electrons. The molecule has 8 heteroatoms. The molecule has 1 aliphatic heterocycles. The van der Waals surface area contributed by atoms with Gasteiger partial charge in [0.1, 0.15) is 17.3 Å². The molecule has 0 spiro atoms. The molecule has 20 heavy (non-hydrogen) atoms. The largest absolute Gasteiger partial charge is 0.368 e.